The summed E-state index contributed by atoms with van der Waals surface area (Å²) in [7, 11) is 0. The van der Waals surface area contributed by atoms with E-state index in [-0.39, 0.29) is 5.63 Å². The fraction of sp³-hybridized carbons (Fsp3) is 0.455. The topological polar surface area (TPSA) is 43.1 Å². The average Bonchev–Trinajstić information content (AvgIpc) is 3.00. The monoisotopic (exact) mass is 367 g/mol. The number of aromatic nitrogens is 1. The third kappa shape index (κ3) is 3.75. The van der Waals surface area contributed by atoms with Gasteiger partial charge in [-0.1, -0.05) is 56.7 Å². The van der Waals surface area contributed by atoms with Crippen molar-refractivity contribution in [3.8, 4) is 11.5 Å². The lowest BCUT2D eigenvalue weighted by molar-refractivity contribution is 0.518. The van der Waals surface area contributed by atoms with Crippen LogP contribution in [0.4, 0.5) is 0 Å². The van der Waals surface area contributed by atoms with Crippen LogP contribution >= 0.6 is 11.3 Å². The molecule has 1 aromatic carbocycles. The average molecular weight is 368 g/mol. The molecule has 4 rings (SSSR count). The second-order valence-corrected chi connectivity index (χ2v) is 8.27. The van der Waals surface area contributed by atoms with Gasteiger partial charge in [0.2, 0.25) is 5.89 Å². The summed E-state index contributed by atoms with van der Waals surface area (Å²) in [5.41, 5.74) is 1.85. The van der Waals surface area contributed by atoms with Crippen LogP contribution in [0, 0.1) is 0 Å². The van der Waals surface area contributed by atoms with Gasteiger partial charge in [0, 0.05) is 10.4 Å². The first-order valence-corrected chi connectivity index (χ1v) is 10.7. The van der Waals surface area contributed by atoms with Gasteiger partial charge in [0.25, 0.3) is 0 Å². The van der Waals surface area contributed by atoms with E-state index in [4.69, 9.17) is 9.40 Å². The second kappa shape index (κ2) is 8.17. The fourth-order valence-electron chi connectivity index (χ4n) is 3.86. The Kier molecular flexibility index (Phi) is 5.49. The third-order valence-corrected chi connectivity index (χ3v) is 6.46. The number of hydrogen-bond donors (Lipinski definition) is 0. The molecular formula is C22H25NO2S. The Balaban J connectivity index is 1.75. The summed E-state index contributed by atoms with van der Waals surface area (Å²) in [6.07, 6.45) is 12.3. The van der Waals surface area contributed by atoms with Crippen molar-refractivity contribution in [3.05, 3.63) is 51.2 Å². The van der Waals surface area contributed by atoms with Gasteiger partial charge in [0.15, 0.2) is 0 Å². The predicted octanol–water partition coefficient (Wildman–Crippen LogP) is 6.14. The molecule has 0 fully saturated rings. The van der Waals surface area contributed by atoms with Crippen LogP contribution in [0.1, 0.15) is 61.8 Å². The summed E-state index contributed by atoms with van der Waals surface area (Å²) in [6, 6.07) is 9.69. The van der Waals surface area contributed by atoms with Crippen molar-refractivity contribution in [2.24, 2.45) is 0 Å². The van der Waals surface area contributed by atoms with Gasteiger partial charge in [-0.15, -0.1) is 11.3 Å². The summed E-state index contributed by atoms with van der Waals surface area (Å²) in [6.45, 7) is 0. The Hall–Kier alpha value is -1.94. The molecule has 3 aromatic rings. The zero-order valence-corrected chi connectivity index (χ0v) is 15.9. The van der Waals surface area contributed by atoms with Crippen LogP contribution in [0.2, 0.25) is 0 Å². The Morgan fingerprint density at radius 2 is 1.50 bits per heavy atom. The van der Waals surface area contributed by atoms with E-state index < -0.39 is 0 Å². The SMILES string of the molecule is O=c1oc(-c2ccccc2)nc2sc3c(c12)CCCCCCCCCC3. The predicted molar refractivity (Wildman–Crippen MR) is 108 cm³/mol. The molecule has 0 radical (unpaired) electrons. The van der Waals surface area contributed by atoms with E-state index in [1.807, 2.05) is 30.3 Å². The van der Waals surface area contributed by atoms with Gasteiger partial charge in [-0.2, -0.15) is 0 Å². The van der Waals surface area contributed by atoms with Crippen LogP contribution in [-0.2, 0) is 12.8 Å². The van der Waals surface area contributed by atoms with Crippen molar-refractivity contribution in [3.63, 3.8) is 0 Å². The molecule has 1 aliphatic rings. The van der Waals surface area contributed by atoms with Crippen molar-refractivity contribution < 1.29 is 4.42 Å². The number of nitrogens with zero attached hydrogens (tertiary/aromatic N) is 1. The van der Waals surface area contributed by atoms with Crippen LogP contribution in [0.15, 0.2) is 39.5 Å². The van der Waals surface area contributed by atoms with Crippen molar-refractivity contribution in [1.82, 2.24) is 4.98 Å². The summed E-state index contributed by atoms with van der Waals surface area (Å²) in [5, 5.41) is 0.738. The van der Waals surface area contributed by atoms with Gasteiger partial charge in [-0.3, -0.25) is 0 Å². The Morgan fingerprint density at radius 3 is 2.23 bits per heavy atom. The molecule has 0 N–H and O–H groups in total. The van der Waals surface area contributed by atoms with Crippen molar-refractivity contribution >= 4 is 21.6 Å². The first-order valence-electron chi connectivity index (χ1n) is 9.84. The molecule has 3 nitrogen and oxygen atoms in total. The first-order chi connectivity index (χ1) is 12.8. The highest BCUT2D eigenvalue weighted by Gasteiger charge is 2.19. The maximum absolute atomic E-state index is 12.8. The molecule has 136 valence electrons. The summed E-state index contributed by atoms with van der Waals surface area (Å²) in [5.74, 6) is 0.431. The highest BCUT2D eigenvalue weighted by molar-refractivity contribution is 7.18. The number of hydrogen-bond acceptors (Lipinski definition) is 4. The van der Waals surface area contributed by atoms with Gasteiger partial charge < -0.3 is 4.42 Å². The highest BCUT2D eigenvalue weighted by Crippen LogP contribution is 2.33. The minimum Gasteiger partial charge on any atom is -0.403 e. The van der Waals surface area contributed by atoms with Gasteiger partial charge in [0.05, 0.1) is 0 Å². The smallest absolute Gasteiger partial charge is 0.348 e. The largest absolute Gasteiger partial charge is 0.403 e. The molecular weight excluding hydrogens is 342 g/mol. The Morgan fingerprint density at radius 1 is 0.846 bits per heavy atom. The molecule has 0 saturated carbocycles. The van der Waals surface area contributed by atoms with Crippen LogP contribution in [-0.4, -0.2) is 4.98 Å². The minimum absolute atomic E-state index is 0.224. The van der Waals surface area contributed by atoms with Crippen LogP contribution in [0.5, 0.6) is 0 Å². The van der Waals surface area contributed by atoms with Crippen molar-refractivity contribution in [2.45, 2.75) is 64.2 Å². The highest BCUT2D eigenvalue weighted by atomic mass is 32.1. The van der Waals surface area contributed by atoms with E-state index in [1.54, 1.807) is 11.3 Å². The van der Waals surface area contributed by atoms with E-state index in [9.17, 15) is 4.79 Å². The molecule has 2 heterocycles. The van der Waals surface area contributed by atoms with E-state index >= 15 is 0 Å². The lowest BCUT2D eigenvalue weighted by atomic mass is 9.99. The van der Waals surface area contributed by atoms with Gasteiger partial charge in [-0.25, -0.2) is 9.78 Å². The molecule has 0 spiro atoms. The van der Waals surface area contributed by atoms with Crippen LogP contribution in [0.3, 0.4) is 0 Å². The number of thiophene rings is 1. The second-order valence-electron chi connectivity index (χ2n) is 7.18. The summed E-state index contributed by atoms with van der Waals surface area (Å²) >= 11 is 1.70. The summed E-state index contributed by atoms with van der Waals surface area (Å²) < 4.78 is 5.61. The molecule has 1 aliphatic carbocycles. The van der Waals surface area contributed by atoms with Gasteiger partial charge in [0.1, 0.15) is 10.2 Å². The Bertz CT molecular complexity index is 926. The number of rotatable bonds is 1. The number of fused-ring (bicyclic) bond motifs is 3. The molecule has 4 heteroatoms. The van der Waals surface area contributed by atoms with Crippen molar-refractivity contribution in [1.29, 1.82) is 0 Å². The minimum atomic E-state index is -0.224. The molecule has 0 atom stereocenters. The maximum Gasteiger partial charge on any atom is 0.348 e. The molecule has 0 aliphatic heterocycles. The molecule has 26 heavy (non-hydrogen) atoms. The first kappa shape index (κ1) is 17.5. The van der Waals surface area contributed by atoms with Crippen LogP contribution in [0.25, 0.3) is 21.7 Å². The molecule has 2 aromatic heterocycles. The lowest BCUT2D eigenvalue weighted by Crippen LogP contribution is -2.04. The zero-order chi connectivity index (χ0) is 17.8. The number of aryl methyl sites for hydroxylation is 2. The van der Waals surface area contributed by atoms with Gasteiger partial charge >= 0.3 is 5.63 Å². The molecule has 0 amide bonds. The lowest BCUT2D eigenvalue weighted by Gasteiger charge is -2.07. The normalized spacial score (nSPS) is 16.6. The number of benzene rings is 1. The van der Waals surface area contributed by atoms with E-state index in [0.29, 0.717) is 5.89 Å². The molecule has 0 bridgehead atoms. The van der Waals surface area contributed by atoms with Crippen LogP contribution < -0.4 is 5.63 Å². The van der Waals surface area contributed by atoms with E-state index in [1.165, 1.54) is 55.4 Å². The zero-order valence-electron chi connectivity index (χ0n) is 15.1. The van der Waals surface area contributed by atoms with E-state index in [2.05, 4.69) is 0 Å². The molecule has 0 saturated heterocycles. The van der Waals surface area contributed by atoms with E-state index in [0.717, 1.165) is 35.0 Å². The summed E-state index contributed by atoms with van der Waals surface area (Å²) in [4.78, 5) is 19.7. The Labute approximate surface area is 158 Å². The quantitative estimate of drug-likeness (QED) is 0.519. The standard InChI is InChI=1S/C22H25NO2S/c24-22-19-17-14-10-5-3-1-2-4-6-11-15-18(17)26-21(19)23-20(25-22)16-12-8-7-9-13-16/h7-9,12-13H,1-6,10-11,14-15H2. The third-order valence-electron chi connectivity index (χ3n) is 5.27. The maximum atomic E-state index is 12.8. The van der Waals surface area contributed by atoms with Crippen molar-refractivity contribution in [2.75, 3.05) is 0 Å². The van der Waals surface area contributed by atoms with Gasteiger partial charge in [-0.05, 0) is 43.4 Å². The fourth-order valence-corrected chi connectivity index (χ4v) is 5.10. The molecule has 0 unspecified atom stereocenters.